The van der Waals surface area contributed by atoms with Gasteiger partial charge in [0.2, 0.25) is 0 Å². The molecule has 2 aliphatic carbocycles. The highest BCUT2D eigenvalue weighted by Gasteiger charge is 2.52. The zero-order chi connectivity index (χ0) is 61.3. The van der Waals surface area contributed by atoms with Crippen LogP contribution in [0.2, 0.25) is 0 Å². The molecule has 0 saturated heterocycles. The molecular formula is C69H64O16. The molecule has 16 nitrogen and oxygen atoms in total. The van der Waals surface area contributed by atoms with Crippen molar-refractivity contribution >= 4 is 24.6 Å². The van der Waals surface area contributed by atoms with Gasteiger partial charge >= 0.3 is 24.6 Å². The molecule has 0 saturated carbocycles. The molecule has 0 aromatic heterocycles. The zero-order valence-corrected chi connectivity index (χ0v) is 49.0. The first-order valence-electron chi connectivity index (χ1n) is 27.4. The lowest BCUT2D eigenvalue weighted by Crippen LogP contribution is -2.26. The van der Waals surface area contributed by atoms with Crippen molar-refractivity contribution < 1.29 is 77.5 Å². The summed E-state index contributed by atoms with van der Waals surface area (Å²) in [6, 6.07) is 41.6. The number of benzene rings is 8. The Bertz CT molecular complexity index is 3510. The summed E-state index contributed by atoms with van der Waals surface area (Å²) >= 11 is 0. The van der Waals surface area contributed by atoms with Gasteiger partial charge in [-0.1, -0.05) is 48.5 Å². The number of phenols is 4. The molecule has 0 unspecified atom stereocenters. The normalized spacial score (nSPS) is 12.9. The van der Waals surface area contributed by atoms with Gasteiger partial charge in [-0.3, -0.25) is 0 Å². The Hall–Kier alpha value is -9.96. The molecule has 0 radical (unpaired) electrons. The first kappa shape index (κ1) is 58.2. The largest absolute Gasteiger partial charge is 0.514 e. The third kappa shape index (κ3) is 12.7. The van der Waals surface area contributed by atoms with Gasteiger partial charge in [-0.2, -0.15) is 0 Å². The van der Waals surface area contributed by atoms with Gasteiger partial charge in [0.25, 0.3) is 0 Å². The predicted molar refractivity (Wildman–Crippen MR) is 319 cm³/mol. The molecule has 0 amide bonds. The highest BCUT2D eigenvalue weighted by molar-refractivity contribution is 5.99. The summed E-state index contributed by atoms with van der Waals surface area (Å²) in [5, 5.41) is 45.0. The van der Waals surface area contributed by atoms with E-state index in [1.807, 2.05) is 72.8 Å². The lowest BCUT2D eigenvalue weighted by Gasteiger charge is -2.32. The third-order valence-corrected chi connectivity index (χ3v) is 13.5. The zero-order valence-electron chi connectivity index (χ0n) is 49.0. The highest BCUT2D eigenvalue weighted by Crippen LogP contribution is 2.64. The molecule has 16 heteroatoms. The van der Waals surface area contributed by atoms with Crippen LogP contribution >= 0.6 is 0 Å². The molecular weight excluding hydrogens is 1080 g/mol. The van der Waals surface area contributed by atoms with Crippen molar-refractivity contribution in [1.82, 2.24) is 0 Å². The second kappa shape index (κ2) is 21.3. The smallest absolute Gasteiger partial charge is 0.508 e. The topological polar surface area (TPSA) is 223 Å². The summed E-state index contributed by atoms with van der Waals surface area (Å²) in [6.45, 7) is 20.5. The van der Waals surface area contributed by atoms with Crippen LogP contribution in [0.1, 0.15) is 105 Å². The van der Waals surface area contributed by atoms with Crippen molar-refractivity contribution in [2.75, 3.05) is 0 Å². The Morgan fingerprint density at radius 1 is 0.282 bits per heavy atom. The summed E-state index contributed by atoms with van der Waals surface area (Å²) in [5.74, 6) is -0.629. The number of phenolic OH excluding ortho intramolecular Hbond substituents is 4. The van der Waals surface area contributed by atoms with Crippen LogP contribution in [0.15, 0.2) is 146 Å². The summed E-state index contributed by atoms with van der Waals surface area (Å²) < 4.78 is 44.3. The molecule has 0 fully saturated rings. The van der Waals surface area contributed by atoms with Crippen LogP contribution < -0.4 is 18.9 Å². The summed E-state index contributed by atoms with van der Waals surface area (Å²) in [7, 11) is 0. The fraction of sp³-hybridized carbons (Fsp3) is 0.246. The number of carbonyl (C=O) groups is 4. The van der Waals surface area contributed by atoms with Gasteiger partial charge in [-0.25, -0.2) is 19.2 Å². The lowest BCUT2D eigenvalue weighted by molar-refractivity contribution is 0.0192. The first-order valence-corrected chi connectivity index (χ1v) is 27.4. The van der Waals surface area contributed by atoms with Crippen LogP contribution in [0.25, 0.3) is 66.8 Å². The van der Waals surface area contributed by atoms with Crippen LogP contribution in [0.4, 0.5) is 19.2 Å². The molecule has 0 bridgehead atoms. The molecule has 0 atom stereocenters. The number of hydrogen-bond donors (Lipinski definition) is 4. The molecule has 4 N–H and O–H groups in total. The molecule has 436 valence electrons. The highest BCUT2D eigenvalue weighted by atomic mass is 16.7. The molecule has 0 aliphatic heterocycles. The van der Waals surface area contributed by atoms with E-state index in [-0.39, 0.29) is 46.0 Å². The van der Waals surface area contributed by atoms with E-state index in [1.54, 1.807) is 132 Å². The second-order valence-corrected chi connectivity index (χ2v) is 24.9. The Morgan fingerprint density at radius 2 is 0.482 bits per heavy atom. The van der Waals surface area contributed by atoms with Gasteiger partial charge in [0, 0.05) is 24.3 Å². The van der Waals surface area contributed by atoms with Crippen LogP contribution in [0, 0.1) is 0 Å². The number of fused-ring (bicyclic) bond motifs is 10. The maximum Gasteiger partial charge on any atom is 0.514 e. The minimum Gasteiger partial charge on any atom is -0.508 e. The van der Waals surface area contributed by atoms with E-state index in [0.29, 0.717) is 44.5 Å². The van der Waals surface area contributed by atoms with E-state index >= 15 is 0 Å². The Kier molecular flexibility index (Phi) is 14.6. The van der Waals surface area contributed by atoms with Crippen molar-refractivity contribution in [3.63, 3.8) is 0 Å². The van der Waals surface area contributed by atoms with Gasteiger partial charge in [0.05, 0.1) is 5.41 Å². The van der Waals surface area contributed by atoms with Crippen molar-refractivity contribution in [3.8, 4) is 113 Å². The molecule has 8 aromatic rings. The van der Waals surface area contributed by atoms with Crippen LogP contribution in [0.3, 0.4) is 0 Å². The monoisotopic (exact) mass is 1150 g/mol. The molecule has 2 aliphatic rings. The first-order chi connectivity index (χ1) is 39.7. The number of carbonyl (C=O) groups excluding carboxylic acids is 4. The quantitative estimate of drug-likeness (QED) is 0.0631. The molecule has 8 aromatic carbocycles. The van der Waals surface area contributed by atoms with Gasteiger partial charge < -0.3 is 58.3 Å². The minimum atomic E-state index is -1.29. The second-order valence-electron chi connectivity index (χ2n) is 24.9. The molecule has 0 heterocycles. The number of ether oxygens (including phenoxy) is 8. The van der Waals surface area contributed by atoms with Crippen molar-refractivity contribution in [3.05, 3.63) is 168 Å². The van der Waals surface area contributed by atoms with Crippen LogP contribution in [-0.4, -0.2) is 67.5 Å². The van der Waals surface area contributed by atoms with Crippen molar-refractivity contribution in [1.29, 1.82) is 0 Å². The number of hydrogen-bond acceptors (Lipinski definition) is 16. The Morgan fingerprint density at radius 3 is 0.671 bits per heavy atom. The number of rotatable bonds is 8. The lowest BCUT2D eigenvalue weighted by atomic mass is 9.69. The van der Waals surface area contributed by atoms with E-state index < -0.39 is 52.4 Å². The van der Waals surface area contributed by atoms with Gasteiger partial charge in [-0.05, 0) is 245 Å². The fourth-order valence-corrected chi connectivity index (χ4v) is 10.7. The fourth-order valence-electron chi connectivity index (χ4n) is 10.7. The summed E-state index contributed by atoms with van der Waals surface area (Å²) in [6.07, 6.45) is -3.85. The summed E-state index contributed by atoms with van der Waals surface area (Å²) in [5.41, 5.74) is 5.99. The maximum atomic E-state index is 13.0. The number of aromatic hydroxyl groups is 4. The van der Waals surface area contributed by atoms with Crippen LogP contribution in [-0.2, 0) is 24.4 Å². The Balaban J connectivity index is 1.23. The summed E-state index contributed by atoms with van der Waals surface area (Å²) in [4.78, 5) is 52.0. The average molecular weight is 1150 g/mol. The van der Waals surface area contributed by atoms with E-state index in [9.17, 15) is 39.6 Å². The van der Waals surface area contributed by atoms with Gasteiger partial charge in [0.1, 0.15) is 68.4 Å². The van der Waals surface area contributed by atoms with Crippen molar-refractivity contribution in [2.45, 2.75) is 111 Å². The molecule has 10 rings (SSSR count). The van der Waals surface area contributed by atoms with E-state index in [0.717, 1.165) is 44.5 Å². The maximum absolute atomic E-state index is 13.0. The van der Waals surface area contributed by atoms with E-state index in [1.165, 1.54) is 24.3 Å². The van der Waals surface area contributed by atoms with E-state index in [2.05, 4.69) is 0 Å². The standard InChI is InChI=1S/C69H64O16/c1-65(2,3)82-61(74)78-49-25-41(21-45(70)33-49)37-13-17-53-54-18-14-38(42-22-46(71)34-50(26-42)79-62(75)83-66(4,5)6)30-58(54)69(57(53)29-37)59-31-39(43-23-47(72)35-51(27-43)80-63(76)84-67(7,8)9)15-19-55(59)56-20-16-40(32-60(56)69)44-24-48(73)36-52(28-44)81-64(77)85-68(10,11)12/h13-36,70-73H,1-12H3. The van der Waals surface area contributed by atoms with Gasteiger partial charge in [0.15, 0.2) is 0 Å². The van der Waals surface area contributed by atoms with Gasteiger partial charge in [-0.15, -0.1) is 0 Å². The third-order valence-electron chi connectivity index (χ3n) is 13.5. The SMILES string of the molecule is CC(C)(C)OC(=O)Oc1cc(O)cc(-c2ccc3c(c2)C2(c4cc(-c5cc(O)cc(OC(=O)OC(C)(C)C)c5)ccc4-3)c3cc(-c4cc(O)cc(OC(=O)OC(C)(C)C)c4)ccc3-c3ccc(-c4cc(O)cc(OC(=O)OC(C)(C)C)c4)cc32)c1. The average Bonchev–Trinajstić information content (AvgIpc) is 1.51. The van der Waals surface area contributed by atoms with E-state index in [4.69, 9.17) is 37.9 Å². The van der Waals surface area contributed by atoms with Crippen LogP contribution in [0.5, 0.6) is 46.0 Å². The Labute approximate surface area is 491 Å². The van der Waals surface area contributed by atoms with Crippen molar-refractivity contribution in [2.24, 2.45) is 0 Å². The minimum absolute atomic E-state index is 0.0293. The molecule has 1 spiro atoms. The molecule has 85 heavy (non-hydrogen) atoms. The predicted octanol–water partition coefficient (Wildman–Crippen LogP) is 16.8.